The van der Waals surface area contributed by atoms with Crippen molar-refractivity contribution in [2.45, 2.75) is 38.8 Å². The molecule has 2 fully saturated rings. The lowest BCUT2D eigenvalue weighted by molar-refractivity contribution is -0.151. The van der Waals surface area contributed by atoms with E-state index in [-0.39, 0.29) is 0 Å². The van der Waals surface area contributed by atoms with Crippen LogP contribution in [0.3, 0.4) is 0 Å². The van der Waals surface area contributed by atoms with Gasteiger partial charge < -0.3 is 4.90 Å². The predicted molar refractivity (Wildman–Crippen MR) is 80.1 cm³/mol. The molecule has 0 N–H and O–H groups in total. The molecule has 0 aliphatic carbocycles. The minimum Gasteiger partial charge on any atom is -0.300 e. The monoisotopic (exact) mass is 258 g/mol. The summed E-state index contributed by atoms with van der Waals surface area (Å²) in [5, 5.41) is 0. The van der Waals surface area contributed by atoms with E-state index in [1.54, 1.807) is 0 Å². The summed E-state index contributed by atoms with van der Waals surface area (Å²) in [6.45, 7) is 9.76. The highest BCUT2D eigenvalue weighted by Gasteiger charge is 2.57. The third-order valence-corrected chi connectivity index (χ3v) is 5.85. The van der Waals surface area contributed by atoms with Crippen LogP contribution in [0, 0.1) is 5.41 Å². The van der Waals surface area contributed by atoms with Gasteiger partial charge in [0, 0.05) is 24.0 Å². The van der Waals surface area contributed by atoms with E-state index in [1.807, 2.05) is 0 Å². The lowest BCUT2D eigenvalue weighted by Crippen LogP contribution is -2.72. The zero-order valence-electron chi connectivity index (χ0n) is 12.5. The minimum atomic E-state index is 0.395. The molecule has 2 aliphatic rings. The summed E-state index contributed by atoms with van der Waals surface area (Å²) >= 11 is 0. The molecule has 1 aromatic rings. The van der Waals surface area contributed by atoms with Crippen molar-refractivity contribution in [3.63, 3.8) is 0 Å². The highest BCUT2D eigenvalue weighted by atomic mass is 15.3. The zero-order chi connectivity index (χ0) is 13.5. The predicted octanol–water partition coefficient (Wildman–Crippen LogP) is 2.99. The SMILES string of the molecule is CN1CC2(CCN(Cc3ccccc3)CC2)C1(C)C. The molecule has 0 unspecified atom stereocenters. The fourth-order valence-electron chi connectivity index (χ4n) is 3.91. The molecule has 0 saturated carbocycles. The van der Waals surface area contributed by atoms with Gasteiger partial charge in [0.25, 0.3) is 0 Å². The number of likely N-dealkylation sites (tertiary alicyclic amines) is 2. The topological polar surface area (TPSA) is 6.48 Å². The molecular formula is C17H26N2. The molecule has 0 aromatic heterocycles. The second kappa shape index (κ2) is 4.60. The Morgan fingerprint density at radius 3 is 2.21 bits per heavy atom. The molecule has 2 saturated heterocycles. The summed E-state index contributed by atoms with van der Waals surface area (Å²) in [4.78, 5) is 5.13. The van der Waals surface area contributed by atoms with Crippen LogP contribution in [0.4, 0.5) is 0 Å². The summed E-state index contributed by atoms with van der Waals surface area (Å²) in [5.74, 6) is 0. The van der Waals surface area contributed by atoms with Crippen molar-refractivity contribution >= 4 is 0 Å². The molecule has 104 valence electrons. The molecule has 0 amide bonds. The third kappa shape index (κ3) is 2.11. The average molecular weight is 258 g/mol. The second-order valence-corrected chi connectivity index (χ2v) is 6.96. The first-order chi connectivity index (χ1) is 9.03. The van der Waals surface area contributed by atoms with Crippen molar-refractivity contribution in [3.05, 3.63) is 35.9 Å². The Morgan fingerprint density at radius 1 is 1.05 bits per heavy atom. The molecule has 3 rings (SSSR count). The minimum absolute atomic E-state index is 0.395. The molecule has 0 atom stereocenters. The first-order valence-electron chi connectivity index (χ1n) is 7.51. The maximum Gasteiger partial charge on any atom is 0.0233 e. The van der Waals surface area contributed by atoms with E-state index in [2.05, 4.69) is 61.0 Å². The molecule has 0 radical (unpaired) electrons. The molecule has 2 heterocycles. The normalized spacial score (nSPS) is 26.3. The van der Waals surface area contributed by atoms with Gasteiger partial charge in [-0.2, -0.15) is 0 Å². The van der Waals surface area contributed by atoms with Crippen LogP contribution in [0.1, 0.15) is 32.3 Å². The van der Waals surface area contributed by atoms with Gasteiger partial charge in [0.15, 0.2) is 0 Å². The van der Waals surface area contributed by atoms with Gasteiger partial charge in [0.2, 0.25) is 0 Å². The van der Waals surface area contributed by atoms with Gasteiger partial charge in [0.05, 0.1) is 0 Å². The van der Waals surface area contributed by atoms with Gasteiger partial charge >= 0.3 is 0 Å². The molecule has 2 heteroatoms. The van der Waals surface area contributed by atoms with Gasteiger partial charge in [-0.15, -0.1) is 0 Å². The van der Waals surface area contributed by atoms with E-state index >= 15 is 0 Å². The Hall–Kier alpha value is -0.860. The number of rotatable bonds is 2. The summed E-state index contributed by atoms with van der Waals surface area (Å²) in [6.07, 6.45) is 2.72. The average Bonchev–Trinajstić information content (AvgIpc) is 2.42. The van der Waals surface area contributed by atoms with E-state index in [1.165, 1.54) is 38.0 Å². The Balaban J connectivity index is 1.59. The first-order valence-corrected chi connectivity index (χ1v) is 7.51. The molecule has 1 aromatic carbocycles. The van der Waals surface area contributed by atoms with Crippen LogP contribution in [-0.4, -0.2) is 42.0 Å². The highest BCUT2D eigenvalue weighted by Crippen LogP contribution is 2.52. The summed E-state index contributed by atoms with van der Waals surface area (Å²) < 4.78 is 0. The van der Waals surface area contributed by atoms with Gasteiger partial charge in [-0.3, -0.25) is 4.90 Å². The molecule has 0 bridgehead atoms. The molecule has 19 heavy (non-hydrogen) atoms. The standard InChI is InChI=1S/C17H26N2/c1-16(2)17(14-18(16)3)9-11-19(12-10-17)13-15-7-5-4-6-8-15/h4-8H,9-14H2,1-3H3. The number of hydrogen-bond donors (Lipinski definition) is 0. The van der Waals surface area contributed by atoms with E-state index in [0.717, 1.165) is 6.54 Å². The largest absolute Gasteiger partial charge is 0.300 e. The van der Waals surface area contributed by atoms with Crippen LogP contribution in [0.25, 0.3) is 0 Å². The fourth-order valence-corrected chi connectivity index (χ4v) is 3.91. The summed E-state index contributed by atoms with van der Waals surface area (Å²) in [6, 6.07) is 10.9. The van der Waals surface area contributed by atoms with Gasteiger partial charge in [0.1, 0.15) is 0 Å². The quantitative estimate of drug-likeness (QED) is 0.804. The number of nitrogens with zero attached hydrogens (tertiary/aromatic N) is 2. The lowest BCUT2D eigenvalue weighted by Gasteiger charge is -2.65. The van der Waals surface area contributed by atoms with Gasteiger partial charge in [-0.25, -0.2) is 0 Å². The first kappa shape index (κ1) is 13.1. The van der Waals surface area contributed by atoms with Crippen molar-refractivity contribution in [1.82, 2.24) is 9.80 Å². The summed E-state index contributed by atoms with van der Waals surface area (Å²) in [7, 11) is 2.27. The maximum atomic E-state index is 2.62. The number of hydrogen-bond acceptors (Lipinski definition) is 2. The number of benzene rings is 1. The van der Waals surface area contributed by atoms with E-state index in [0.29, 0.717) is 11.0 Å². The lowest BCUT2D eigenvalue weighted by atomic mass is 9.58. The van der Waals surface area contributed by atoms with Crippen molar-refractivity contribution in [1.29, 1.82) is 0 Å². The molecule has 2 aliphatic heterocycles. The van der Waals surface area contributed by atoms with Crippen LogP contribution in [0.2, 0.25) is 0 Å². The smallest absolute Gasteiger partial charge is 0.0233 e. The maximum absolute atomic E-state index is 2.62. The van der Waals surface area contributed by atoms with Crippen LogP contribution >= 0.6 is 0 Å². The number of piperidine rings is 1. The van der Waals surface area contributed by atoms with Crippen molar-refractivity contribution < 1.29 is 0 Å². The van der Waals surface area contributed by atoms with Crippen LogP contribution < -0.4 is 0 Å². The molecule has 1 spiro atoms. The Labute approximate surface area is 117 Å². The molecular weight excluding hydrogens is 232 g/mol. The Kier molecular flexibility index (Phi) is 3.18. The van der Waals surface area contributed by atoms with Gasteiger partial charge in [-0.05, 0) is 52.4 Å². The van der Waals surface area contributed by atoms with Crippen molar-refractivity contribution in [3.8, 4) is 0 Å². The van der Waals surface area contributed by atoms with E-state index in [4.69, 9.17) is 0 Å². The second-order valence-electron chi connectivity index (χ2n) is 6.96. The van der Waals surface area contributed by atoms with E-state index in [9.17, 15) is 0 Å². The zero-order valence-corrected chi connectivity index (χ0v) is 12.5. The van der Waals surface area contributed by atoms with Crippen LogP contribution in [0.15, 0.2) is 30.3 Å². The van der Waals surface area contributed by atoms with Crippen LogP contribution in [-0.2, 0) is 6.54 Å². The van der Waals surface area contributed by atoms with Gasteiger partial charge in [-0.1, -0.05) is 30.3 Å². The van der Waals surface area contributed by atoms with E-state index < -0.39 is 0 Å². The Morgan fingerprint density at radius 2 is 1.68 bits per heavy atom. The molecule has 2 nitrogen and oxygen atoms in total. The third-order valence-electron chi connectivity index (χ3n) is 5.85. The Bertz CT molecular complexity index is 430. The van der Waals surface area contributed by atoms with Crippen molar-refractivity contribution in [2.24, 2.45) is 5.41 Å². The van der Waals surface area contributed by atoms with Crippen LogP contribution in [0.5, 0.6) is 0 Å². The fraction of sp³-hybridized carbons (Fsp3) is 0.647. The highest BCUT2D eigenvalue weighted by molar-refractivity contribution is 5.16. The summed E-state index contributed by atoms with van der Waals surface area (Å²) in [5.41, 5.74) is 2.42. The van der Waals surface area contributed by atoms with Crippen molar-refractivity contribution in [2.75, 3.05) is 26.7 Å².